The number of likely N-dealkylation sites (tertiary alicyclic amines) is 1. The van der Waals surface area contributed by atoms with E-state index in [0.717, 1.165) is 5.56 Å². The van der Waals surface area contributed by atoms with Crippen LogP contribution in [0.1, 0.15) is 12.0 Å². The fourth-order valence-electron chi connectivity index (χ4n) is 3.39. The van der Waals surface area contributed by atoms with Crippen molar-refractivity contribution in [3.8, 4) is 0 Å². The molecular weight excluding hydrogens is 359 g/mol. The zero-order valence-electron chi connectivity index (χ0n) is 15.4. The highest BCUT2D eigenvalue weighted by Gasteiger charge is 2.34. The zero-order chi connectivity index (χ0) is 19.9. The predicted molar refractivity (Wildman–Crippen MR) is 106 cm³/mol. The molecule has 1 aliphatic rings. The summed E-state index contributed by atoms with van der Waals surface area (Å²) in [5, 5.41) is 12.2. The number of hydrogen-bond acceptors (Lipinski definition) is 3. The van der Waals surface area contributed by atoms with E-state index in [1.807, 2.05) is 47.4 Å². The monoisotopic (exact) mass is 382 g/mol. The van der Waals surface area contributed by atoms with Crippen molar-refractivity contribution >= 4 is 23.6 Å². The third-order valence-corrected chi connectivity index (χ3v) is 4.83. The van der Waals surface area contributed by atoms with Gasteiger partial charge in [-0.2, -0.15) is 0 Å². The number of piperidine rings is 1. The fourth-order valence-corrected chi connectivity index (χ4v) is 3.39. The van der Waals surface area contributed by atoms with Crippen LogP contribution in [0.2, 0.25) is 0 Å². The van der Waals surface area contributed by atoms with Crippen LogP contribution >= 0.6 is 0 Å². The summed E-state index contributed by atoms with van der Waals surface area (Å²) in [7, 11) is 0. The van der Waals surface area contributed by atoms with E-state index < -0.39 is 17.8 Å². The summed E-state index contributed by atoms with van der Waals surface area (Å²) in [6.07, 6.45) is 4.26. The average Bonchev–Trinajstić information content (AvgIpc) is 2.70. The Morgan fingerprint density at radius 1 is 1.07 bits per heavy atom. The van der Waals surface area contributed by atoms with Crippen molar-refractivity contribution in [2.75, 3.05) is 25.0 Å². The van der Waals surface area contributed by atoms with Crippen LogP contribution in [0.25, 0.3) is 6.08 Å². The van der Waals surface area contributed by atoms with Crippen LogP contribution < -0.4 is 5.32 Å². The molecule has 2 N–H and O–H groups in total. The lowest BCUT2D eigenvalue weighted by atomic mass is 9.88. The van der Waals surface area contributed by atoms with Crippen LogP contribution in [0.15, 0.2) is 60.7 Å². The van der Waals surface area contributed by atoms with E-state index >= 15 is 0 Å². The van der Waals surface area contributed by atoms with Gasteiger partial charge in [0, 0.05) is 25.3 Å². The Morgan fingerprint density at radius 3 is 2.43 bits per heavy atom. The number of anilines is 1. The van der Waals surface area contributed by atoms with Crippen LogP contribution in [-0.4, -0.2) is 41.5 Å². The molecule has 146 valence electrons. The smallest absolute Gasteiger partial charge is 0.307 e. The molecule has 3 rings (SSSR count). The molecule has 0 radical (unpaired) electrons. The molecular formula is C22H23FN2O3. The van der Waals surface area contributed by atoms with Crippen molar-refractivity contribution < 1.29 is 19.1 Å². The lowest BCUT2D eigenvalue weighted by molar-refractivity contribution is -0.145. The summed E-state index contributed by atoms with van der Waals surface area (Å²) in [6, 6.07) is 15.4. The molecule has 2 aromatic carbocycles. The first-order valence-corrected chi connectivity index (χ1v) is 9.24. The summed E-state index contributed by atoms with van der Waals surface area (Å²) in [5.74, 6) is -2.54. The highest BCUT2D eigenvalue weighted by atomic mass is 19.1. The van der Waals surface area contributed by atoms with Gasteiger partial charge in [-0.15, -0.1) is 0 Å². The van der Waals surface area contributed by atoms with Gasteiger partial charge in [0.15, 0.2) is 0 Å². The van der Waals surface area contributed by atoms with Crippen LogP contribution in [-0.2, 0) is 9.59 Å². The van der Waals surface area contributed by atoms with E-state index in [2.05, 4.69) is 5.32 Å². The molecule has 0 bridgehead atoms. The van der Waals surface area contributed by atoms with E-state index in [0.29, 0.717) is 31.7 Å². The maximum atomic E-state index is 13.0. The molecule has 1 amide bonds. The summed E-state index contributed by atoms with van der Waals surface area (Å²) in [4.78, 5) is 26.1. The molecule has 0 unspecified atom stereocenters. The quantitative estimate of drug-likeness (QED) is 0.802. The number of rotatable bonds is 6. The molecule has 6 heteroatoms. The second kappa shape index (κ2) is 9.28. The largest absolute Gasteiger partial charge is 0.481 e. The fraction of sp³-hybridized carbons (Fsp3) is 0.273. The number of aliphatic carboxylic acids is 1. The SMILES string of the molecule is O=C(O)[C@H]1C[C@H](C(=O)Nc2ccc(F)cc2)CN(CC=Cc2ccccc2)C1. The number of hydrogen-bond donors (Lipinski definition) is 2. The third-order valence-electron chi connectivity index (χ3n) is 4.83. The number of carbonyl (C=O) groups excluding carboxylic acids is 1. The number of benzene rings is 2. The highest BCUT2D eigenvalue weighted by Crippen LogP contribution is 2.24. The van der Waals surface area contributed by atoms with Gasteiger partial charge in [0.2, 0.25) is 5.91 Å². The highest BCUT2D eigenvalue weighted by molar-refractivity contribution is 5.93. The van der Waals surface area contributed by atoms with Crippen LogP contribution in [0, 0.1) is 17.7 Å². The lowest BCUT2D eigenvalue weighted by Crippen LogP contribution is -2.46. The topological polar surface area (TPSA) is 69.6 Å². The molecule has 0 saturated carbocycles. The van der Waals surface area contributed by atoms with Gasteiger partial charge in [-0.3, -0.25) is 14.5 Å². The Balaban J connectivity index is 1.63. The normalized spacial score (nSPS) is 20.2. The third kappa shape index (κ3) is 5.50. The minimum absolute atomic E-state index is 0.241. The summed E-state index contributed by atoms with van der Waals surface area (Å²) >= 11 is 0. The van der Waals surface area contributed by atoms with Crippen LogP contribution in [0.5, 0.6) is 0 Å². The van der Waals surface area contributed by atoms with E-state index in [1.54, 1.807) is 0 Å². The van der Waals surface area contributed by atoms with Gasteiger partial charge >= 0.3 is 5.97 Å². The van der Waals surface area contributed by atoms with Crippen molar-refractivity contribution in [1.82, 2.24) is 4.90 Å². The molecule has 28 heavy (non-hydrogen) atoms. The predicted octanol–water partition coefficient (Wildman–Crippen LogP) is 3.50. The van der Waals surface area contributed by atoms with Gasteiger partial charge in [0.1, 0.15) is 5.82 Å². The average molecular weight is 382 g/mol. The van der Waals surface area contributed by atoms with E-state index in [-0.39, 0.29) is 11.7 Å². The summed E-state index contributed by atoms with van der Waals surface area (Å²) in [5.41, 5.74) is 1.57. The van der Waals surface area contributed by atoms with Gasteiger partial charge in [0.25, 0.3) is 0 Å². The Labute approximate surface area is 163 Å². The van der Waals surface area contributed by atoms with Gasteiger partial charge < -0.3 is 10.4 Å². The number of carboxylic acids is 1. The first kappa shape index (κ1) is 19.8. The number of nitrogens with one attached hydrogen (secondary N) is 1. The number of nitrogens with zero attached hydrogens (tertiary/aromatic N) is 1. The minimum Gasteiger partial charge on any atom is -0.481 e. The molecule has 0 aromatic heterocycles. The Morgan fingerprint density at radius 2 is 1.75 bits per heavy atom. The van der Waals surface area contributed by atoms with Crippen molar-refractivity contribution in [3.63, 3.8) is 0 Å². The number of carboxylic acid groups (broad SMARTS) is 1. The zero-order valence-corrected chi connectivity index (χ0v) is 15.4. The number of amides is 1. The van der Waals surface area contributed by atoms with Gasteiger partial charge in [-0.05, 0) is 36.2 Å². The van der Waals surface area contributed by atoms with Crippen LogP contribution in [0.4, 0.5) is 10.1 Å². The molecule has 1 fully saturated rings. The Hall–Kier alpha value is -2.99. The number of carbonyl (C=O) groups is 2. The second-order valence-electron chi connectivity index (χ2n) is 7.00. The van der Waals surface area contributed by atoms with E-state index in [4.69, 9.17) is 0 Å². The maximum Gasteiger partial charge on any atom is 0.307 e. The molecule has 1 aliphatic heterocycles. The van der Waals surface area contributed by atoms with Crippen molar-refractivity contribution in [2.24, 2.45) is 11.8 Å². The molecule has 5 nitrogen and oxygen atoms in total. The minimum atomic E-state index is -0.892. The molecule has 2 atom stereocenters. The van der Waals surface area contributed by atoms with Gasteiger partial charge in [-0.1, -0.05) is 42.5 Å². The Kier molecular flexibility index (Phi) is 6.55. The van der Waals surface area contributed by atoms with E-state index in [9.17, 15) is 19.1 Å². The Bertz CT molecular complexity index is 837. The van der Waals surface area contributed by atoms with Gasteiger partial charge in [-0.25, -0.2) is 4.39 Å². The maximum absolute atomic E-state index is 13.0. The van der Waals surface area contributed by atoms with E-state index in [1.165, 1.54) is 24.3 Å². The van der Waals surface area contributed by atoms with Crippen molar-refractivity contribution in [1.29, 1.82) is 0 Å². The van der Waals surface area contributed by atoms with Crippen molar-refractivity contribution in [2.45, 2.75) is 6.42 Å². The molecule has 1 saturated heterocycles. The standard InChI is InChI=1S/C22H23FN2O3/c23-19-8-10-20(11-9-19)24-21(26)17-13-18(22(27)28)15-25(14-17)12-4-7-16-5-2-1-3-6-16/h1-11,17-18H,12-15H2,(H,24,26)(H,27,28)/t17-,18-/m0/s1. The molecule has 2 aromatic rings. The first-order valence-electron chi connectivity index (χ1n) is 9.24. The molecule has 0 aliphatic carbocycles. The summed E-state index contributed by atoms with van der Waals surface area (Å²) in [6.45, 7) is 1.46. The van der Waals surface area contributed by atoms with Crippen LogP contribution in [0.3, 0.4) is 0 Å². The summed E-state index contributed by atoms with van der Waals surface area (Å²) < 4.78 is 13.0. The van der Waals surface area contributed by atoms with Gasteiger partial charge in [0.05, 0.1) is 11.8 Å². The second-order valence-corrected chi connectivity index (χ2v) is 7.00. The number of halogens is 1. The molecule has 1 heterocycles. The lowest BCUT2D eigenvalue weighted by Gasteiger charge is -2.34. The van der Waals surface area contributed by atoms with Crippen molar-refractivity contribution in [3.05, 3.63) is 72.1 Å². The molecule has 0 spiro atoms. The first-order chi connectivity index (χ1) is 13.5.